The minimum absolute atomic E-state index is 0.0643. The number of urea groups is 1. The van der Waals surface area contributed by atoms with Gasteiger partial charge in [-0.3, -0.25) is 5.32 Å². The standard InChI is InChI=1S/C12H17N3O/c1-15(10-6-2-3-7-10)12(16)14-11-8-4-5-9-13-11/h4-5,8-10H,2-3,6-7H2,1H3,(H,13,14,16). The smallest absolute Gasteiger partial charge is 0.322 e. The van der Waals surface area contributed by atoms with Crippen LogP contribution in [0, 0.1) is 0 Å². The summed E-state index contributed by atoms with van der Waals surface area (Å²) in [6.45, 7) is 0. The van der Waals surface area contributed by atoms with E-state index in [1.54, 1.807) is 17.2 Å². The Hall–Kier alpha value is -1.58. The van der Waals surface area contributed by atoms with Crippen molar-refractivity contribution in [3.05, 3.63) is 24.4 Å². The normalized spacial score (nSPS) is 16.1. The van der Waals surface area contributed by atoms with Crippen molar-refractivity contribution in [3.63, 3.8) is 0 Å². The van der Waals surface area contributed by atoms with E-state index >= 15 is 0 Å². The second kappa shape index (κ2) is 4.96. The molecular weight excluding hydrogens is 202 g/mol. The van der Waals surface area contributed by atoms with Crippen LogP contribution in [-0.2, 0) is 0 Å². The monoisotopic (exact) mass is 219 g/mol. The minimum Gasteiger partial charge on any atom is -0.325 e. The minimum atomic E-state index is -0.0643. The van der Waals surface area contributed by atoms with Gasteiger partial charge in [-0.2, -0.15) is 0 Å². The van der Waals surface area contributed by atoms with E-state index in [1.807, 2.05) is 19.2 Å². The zero-order valence-electron chi connectivity index (χ0n) is 9.52. The third-order valence-electron chi connectivity index (χ3n) is 3.09. The quantitative estimate of drug-likeness (QED) is 0.830. The number of amides is 2. The maximum absolute atomic E-state index is 11.9. The Morgan fingerprint density at radius 1 is 1.44 bits per heavy atom. The Labute approximate surface area is 95.7 Å². The maximum Gasteiger partial charge on any atom is 0.322 e. The second-order valence-electron chi connectivity index (χ2n) is 4.19. The lowest BCUT2D eigenvalue weighted by Crippen LogP contribution is -2.38. The molecule has 1 aromatic heterocycles. The van der Waals surface area contributed by atoms with Gasteiger partial charge in [0.2, 0.25) is 0 Å². The Kier molecular flexibility index (Phi) is 3.39. The first-order valence-corrected chi connectivity index (χ1v) is 5.72. The summed E-state index contributed by atoms with van der Waals surface area (Å²) in [6, 6.07) is 5.81. The Bertz CT molecular complexity index is 347. The van der Waals surface area contributed by atoms with Gasteiger partial charge < -0.3 is 4.90 Å². The van der Waals surface area contributed by atoms with Crippen molar-refractivity contribution in [2.75, 3.05) is 12.4 Å². The fourth-order valence-corrected chi connectivity index (χ4v) is 2.09. The zero-order chi connectivity index (χ0) is 11.4. The third kappa shape index (κ3) is 2.51. The summed E-state index contributed by atoms with van der Waals surface area (Å²) >= 11 is 0. The zero-order valence-corrected chi connectivity index (χ0v) is 9.52. The number of pyridine rings is 1. The van der Waals surface area contributed by atoms with E-state index in [9.17, 15) is 4.79 Å². The van der Waals surface area contributed by atoms with Crippen LogP contribution in [-0.4, -0.2) is 29.0 Å². The largest absolute Gasteiger partial charge is 0.325 e. The van der Waals surface area contributed by atoms with E-state index in [2.05, 4.69) is 10.3 Å². The number of carbonyl (C=O) groups excluding carboxylic acids is 1. The third-order valence-corrected chi connectivity index (χ3v) is 3.09. The highest BCUT2D eigenvalue weighted by Crippen LogP contribution is 2.22. The van der Waals surface area contributed by atoms with Crippen LogP contribution in [0.4, 0.5) is 10.6 Å². The number of anilines is 1. The van der Waals surface area contributed by atoms with Crippen LogP contribution in [0.25, 0.3) is 0 Å². The van der Waals surface area contributed by atoms with E-state index in [-0.39, 0.29) is 6.03 Å². The molecule has 1 fully saturated rings. The Morgan fingerprint density at radius 3 is 2.81 bits per heavy atom. The average molecular weight is 219 g/mol. The molecule has 16 heavy (non-hydrogen) atoms. The number of nitrogens with zero attached hydrogens (tertiary/aromatic N) is 2. The lowest BCUT2D eigenvalue weighted by atomic mass is 10.2. The van der Waals surface area contributed by atoms with Crippen molar-refractivity contribution < 1.29 is 4.79 Å². The van der Waals surface area contributed by atoms with E-state index < -0.39 is 0 Å². The van der Waals surface area contributed by atoms with Crippen LogP contribution in [0.5, 0.6) is 0 Å². The average Bonchev–Trinajstić information content (AvgIpc) is 2.83. The van der Waals surface area contributed by atoms with Gasteiger partial charge in [0.1, 0.15) is 5.82 Å². The maximum atomic E-state index is 11.9. The van der Waals surface area contributed by atoms with E-state index in [1.165, 1.54) is 12.8 Å². The number of carbonyl (C=O) groups is 1. The highest BCUT2D eigenvalue weighted by atomic mass is 16.2. The highest BCUT2D eigenvalue weighted by molar-refractivity contribution is 5.88. The number of hydrogen-bond donors (Lipinski definition) is 1. The molecule has 4 nitrogen and oxygen atoms in total. The van der Waals surface area contributed by atoms with Crippen LogP contribution in [0.3, 0.4) is 0 Å². The summed E-state index contributed by atoms with van der Waals surface area (Å²) in [5.41, 5.74) is 0. The summed E-state index contributed by atoms with van der Waals surface area (Å²) in [5.74, 6) is 0.609. The molecule has 0 bridgehead atoms. The molecule has 1 aliphatic carbocycles. The van der Waals surface area contributed by atoms with Crippen molar-refractivity contribution in [1.29, 1.82) is 0 Å². The predicted octanol–water partition coefficient (Wildman–Crippen LogP) is 2.49. The van der Waals surface area contributed by atoms with E-state index in [4.69, 9.17) is 0 Å². The Morgan fingerprint density at radius 2 is 2.19 bits per heavy atom. The molecule has 1 saturated carbocycles. The van der Waals surface area contributed by atoms with Gasteiger partial charge in [0.25, 0.3) is 0 Å². The van der Waals surface area contributed by atoms with Gasteiger partial charge in [0.05, 0.1) is 0 Å². The van der Waals surface area contributed by atoms with Gasteiger partial charge in [-0.05, 0) is 25.0 Å². The van der Waals surface area contributed by atoms with Crippen molar-refractivity contribution >= 4 is 11.8 Å². The molecule has 1 N–H and O–H groups in total. The molecule has 2 amide bonds. The van der Waals surface area contributed by atoms with Crippen LogP contribution in [0.1, 0.15) is 25.7 Å². The van der Waals surface area contributed by atoms with Crippen LogP contribution in [0.15, 0.2) is 24.4 Å². The van der Waals surface area contributed by atoms with Gasteiger partial charge in [0.15, 0.2) is 0 Å². The molecule has 2 rings (SSSR count). The van der Waals surface area contributed by atoms with Crippen LogP contribution >= 0.6 is 0 Å². The topological polar surface area (TPSA) is 45.2 Å². The first kappa shape index (κ1) is 10.9. The molecule has 0 unspecified atom stereocenters. The van der Waals surface area contributed by atoms with Gasteiger partial charge in [-0.15, -0.1) is 0 Å². The fraction of sp³-hybridized carbons (Fsp3) is 0.500. The summed E-state index contributed by atoms with van der Waals surface area (Å²) in [5, 5.41) is 2.79. The van der Waals surface area contributed by atoms with Gasteiger partial charge in [-0.25, -0.2) is 9.78 Å². The molecule has 0 aliphatic heterocycles. The van der Waals surface area contributed by atoms with Crippen LogP contribution in [0.2, 0.25) is 0 Å². The summed E-state index contributed by atoms with van der Waals surface area (Å²) in [6.07, 6.45) is 6.36. The Balaban J connectivity index is 1.92. The molecule has 1 aromatic rings. The lowest BCUT2D eigenvalue weighted by molar-refractivity contribution is 0.204. The first-order chi connectivity index (χ1) is 7.77. The number of rotatable bonds is 2. The molecule has 1 heterocycles. The molecule has 0 spiro atoms. The lowest BCUT2D eigenvalue weighted by Gasteiger charge is -2.24. The number of aromatic nitrogens is 1. The van der Waals surface area contributed by atoms with Crippen molar-refractivity contribution in [3.8, 4) is 0 Å². The van der Waals surface area contributed by atoms with E-state index in [0.717, 1.165) is 12.8 Å². The molecular formula is C12H17N3O. The summed E-state index contributed by atoms with van der Waals surface area (Å²) in [4.78, 5) is 17.7. The molecule has 4 heteroatoms. The number of hydrogen-bond acceptors (Lipinski definition) is 2. The number of nitrogens with one attached hydrogen (secondary N) is 1. The van der Waals surface area contributed by atoms with Crippen molar-refractivity contribution in [2.45, 2.75) is 31.7 Å². The summed E-state index contributed by atoms with van der Waals surface area (Å²) < 4.78 is 0. The molecule has 1 aliphatic rings. The summed E-state index contributed by atoms with van der Waals surface area (Å²) in [7, 11) is 1.86. The van der Waals surface area contributed by atoms with Crippen molar-refractivity contribution in [2.24, 2.45) is 0 Å². The highest BCUT2D eigenvalue weighted by Gasteiger charge is 2.23. The van der Waals surface area contributed by atoms with Gasteiger partial charge >= 0.3 is 6.03 Å². The molecule has 0 radical (unpaired) electrons. The molecule has 86 valence electrons. The molecule has 0 aromatic carbocycles. The van der Waals surface area contributed by atoms with Crippen LogP contribution < -0.4 is 5.32 Å². The first-order valence-electron chi connectivity index (χ1n) is 5.72. The molecule has 0 atom stereocenters. The fourth-order valence-electron chi connectivity index (χ4n) is 2.09. The molecule has 0 saturated heterocycles. The SMILES string of the molecule is CN(C(=O)Nc1ccccn1)C1CCCC1. The van der Waals surface area contributed by atoms with Gasteiger partial charge in [0, 0.05) is 19.3 Å². The predicted molar refractivity (Wildman–Crippen MR) is 63.3 cm³/mol. The second-order valence-corrected chi connectivity index (χ2v) is 4.19. The van der Waals surface area contributed by atoms with Crippen molar-refractivity contribution in [1.82, 2.24) is 9.88 Å². The van der Waals surface area contributed by atoms with E-state index in [0.29, 0.717) is 11.9 Å². The van der Waals surface area contributed by atoms with Gasteiger partial charge in [-0.1, -0.05) is 18.9 Å².